The van der Waals surface area contributed by atoms with E-state index in [-0.39, 0.29) is 23.8 Å². The normalized spacial score (nSPS) is 15.9. The van der Waals surface area contributed by atoms with Crippen LogP contribution in [0.1, 0.15) is 28.8 Å². The minimum absolute atomic E-state index is 0.0505. The lowest BCUT2D eigenvalue weighted by atomic mass is 10.0. The second-order valence-corrected chi connectivity index (χ2v) is 9.15. The van der Waals surface area contributed by atoms with Crippen molar-refractivity contribution in [3.05, 3.63) is 87.8 Å². The molecule has 1 aliphatic rings. The number of amides is 3. The molecule has 2 aromatic carbocycles. The minimum Gasteiger partial charge on any atom is -0.334 e. The van der Waals surface area contributed by atoms with Gasteiger partial charge in [0.15, 0.2) is 0 Å². The average Bonchev–Trinajstić information content (AvgIpc) is 2.83. The van der Waals surface area contributed by atoms with Gasteiger partial charge in [-0.2, -0.15) is 0 Å². The molecule has 4 rings (SSSR count). The predicted octanol–water partition coefficient (Wildman–Crippen LogP) is 5.57. The number of hydrogen-bond acceptors (Lipinski definition) is 4. The fraction of sp³-hybridized carbons (Fsp3) is 0.240. The zero-order chi connectivity index (χ0) is 24.8. The molecule has 1 fully saturated rings. The molecule has 1 aromatic heterocycles. The Morgan fingerprint density at radius 1 is 1.09 bits per heavy atom. The monoisotopic (exact) mass is 515 g/mol. The van der Waals surface area contributed by atoms with E-state index in [9.17, 15) is 14.0 Å². The van der Waals surface area contributed by atoms with Gasteiger partial charge in [0.2, 0.25) is 0 Å². The molecule has 2 heterocycles. The van der Waals surface area contributed by atoms with Gasteiger partial charge in [0.05, 0.1) is 5.02 Å². The second kappa shape index (κ2) is 11.5. The fourth-order valence-corrected chi connectivity index (χ4v) is 4.28. The van der Waals surface area contributed by atoms with Gasteiger partial charge in [0, 0.05) is 41.6 Å². The van der Waals surface area contributed by atoms with Crippen LogP contribution in [0.25, 0.3) is 0 Å². The SMILES string of the molecule is O=C(Nc1cccc(C(=O)Nc2ccc(Cl)cn2)c1)NC1CCCN(Cc2ccc(F)cc2Cl)C1. The van der Waals surface area contributed by atoms with Gasteiger partial charge >= 0.3 is 6.03 Å². The Hall–Kier alpha value is -3.20. The molecule has 0 bridgehead atoms. The Balaban J connectivity index is 1.30. The number of hydrogen-bond donors (Lipinski definition) is 3. The summed E-state index contributed by atoms with van der Waals surface area (Å²) < 4.78 is 13.3. The van der Waals surface area contributed by atoms with Crippen molar-refractivity contribution in [1.29, 1.82) is 0 Å². The summed E-state index contributed by atoms with van der Waals surface area (Å²) in [7, 11) is 0. The number of likely N-dealkylation sites (tertiary alicyclic amines) is 1. The zero-order valence-corrected chi connectivity index (χ0v) is 20.2. The molecule has 0 aliphatic carbocycles. The summed E-state index contributed by atoms with van der Waals surface area (Å²) in [5.74, 6) is -0.345. The molecule has 7 nitrogen and oxygen atoms in total. The Labute approximate surface area is 212 Å². The third kappa shape index (κ3) is 7.14. The van der Waals surface area contributed by atoms with Gasteiger partial charge in [-0.15, -0.1) is 0 Å². The number of pyridine rings is 1. The van der Waals surface area contributed by atoms with Crippen molar-refractivity contribution in [2.75, 3.05) is 23.7 Å². The van der Waals surface area contributed by atoms with E-state index in [1.165, 1.54) is 18.3 Å². The van der Waals surface area contributed by atoms with E-state index in [1.54, 1.807) is 42.5 Å². The Bertz CT molecular complexity index is 1210. The highest BCUT2D eigenvalue weighted by atomic mass is 35.5. The maximum Gasteiger partial charge on any atom is 0.319 e. The van der Waals surface area contributed by atoms with Crippen LogP contribution in [0.3, 0.4) is 0 Å². The molecular weight excluding hydrogens is 492 g/mol. The molecule has 0 spiro atoms. The van der Waals surface area contributed by atoms with Gasteiger partial charge in [-0.1, -0.05) is 35.3 Å². The summed E-state index contributed by atoms with van der Waals surface area (Å²) in [4.78, 5) is 31.4. The molecule has 3 N–H and O–H groups in total. The Kier molecular flexibility index (Phi) is 8.17. The highest BCUT2D eigenvalue weighted by molar-refractivity contribution is 6.31. The first-order valence-corrected chi connectivity index (χ1v) is 11.9. The number of nitrogens with zero attached hydrogens (tertiary/aromatic N) is 2. The first-order chi connectivity index (χ1) is 16.9. The molecule has 182 valence electrons. The number of piperidine rings is 1. The standard InChI is InChI=1S/C25H24Cl2FN5O2/c26-18-7-9-23(29-13-18)32-24(34)16-3-1-4-20(11-16)30-25(35)31-21-5-2-10-33(15-21)14-17-6-8-19(28)12-22(17)27/h1,3-4,6-9,11-13,21H,2,5,10,14-15H2,(H,29,32,34)(H2,30,31,35). The van der Waals surface area contributed by atoms with Gasteiger partial charge in [0.1, 0.15) is 11.6 Å². The third-order valence-corrected chi connectivity index (χ3v) is 6.18. The first kappa shape index (κ1) is 24.9. The minimum atomic E-state index is -0.364. The molecule has 10 heteroatoms. The van der Waals surface area contributed by atoms with Crippen molar-refractivity contribution in [3.63, 3.8) is 0 Å². The van der Waals surface area contributed by atoms with Crippen LogP contribution in [0, 0.1) is 5.82 Å². The van der Waals surface area contributed by atoms with Crippen LogP contribution in [0.5, 0.6) is 0 Å². The second-order valence-electron chi connectivity index (χ2n) is 8.31. The van der Waals surface area contributed by atoms with E-state index in [0.29, 0.717) is 40.2 Å². The summed E-state index contributed by atoms with van der Waals surface area (Å²) in [6.07, 6.45) is 3.20. The van der Waals surface area contributed by atoms with Crippen molar-refractivity contribution in [2.45, 2.75) is 25.4 Å². The van der Waals surface area contributed by atoms with Gasteiger partial charge in [-0.25, -0.2) is 14.2 Å². The summed E-state index contributed by atoms with van der Waals surface area (Å²) >= 11 is 12.0. The molecule has 1 saturated heterocycles. The van der Waals surface area contributed by atoms with E-state index in [2.05, 4.69) is 25.8 Å². The summed E-state index contributed by atoms with van der Waals surface area (Å²) in [6.45, 7) is 2.10. The third-order valence-electron chi connectivity index (χ3n) is 5.60. The average molecular weight is 516 g/mol. The number of carbonyl (C=O) groups is 2. The van der Waals surface area contributed by atoms with Gasteiger partial charge < -0.3 is 16.0 Å². The van der Waals surface area contributed by atoms with Gasteiger partial charge in [-0.3, -0.25) is 9.69 Å². The topological polar surface area (TPSA) is 86.4 Å². The molecule has 1 aliphatic heterocycles. The largest absolute Gasteiger partial charge is 0.334 e. The van der Waals surface area contributed by atoms with Crippen LogP contribution >= 0.6 is 23.2 Å². The molecular formula is C25H24Cl2FN5O2. The van der Waals surface area contributed by atoms with Crippen molar-refractivity contribution in [1.82, 2.24) is 15.2 Å². The smallest absolute Gasteiger partial charge is 0.319 e. The quantitative estimate of drug-likeness (QED) is 0.400. The van der Waals surface area contributed by atoms with E-state index in [4.69, 9.17) is 23.2 Å². The molecule has 0 radical (unpaired) electrons. The molecule has 0 saturated carbocycles. The molecule has 35 heavy (non-hydrogen) atoms. The molecule has 1 atom stereocenters. The first-order valence-electron chi connectivity index (χ1n) is 11.1. The van der Waals surface area contributed by atoms with Crippen LogP contribution < -0.4 is 16.0 Å². The van der Waals surface area contributed by atoms with Crippen molar-refractivity contribution in [3.8, 4) is 0 Å². The number of urea groups is 1. The summed E-state index contributed by atoms with van der Waals surface area (Å²) in [5, 5.41) is 9.34. The van der Waals surface area contributed by atoms with Crippen LogP contribution in [0.4, 0.5) is 20.7 Å². The zero-order valence-electron chi connectivity index (χ0n) is 18.7. The van der Waals surface area contributed by atoms with E-state index in [1.807, 2.05) is 0 Å². The van der Waals surface area contributed by atoms with Crippen molar-refractivity contribution >= 4 is 46.6 Å². The van der Waals surface area contributed by atoms with Gasteiger partial charge in [-0.05, 0) is 67.4 Å². The maximum absolute atomic E-state index is 13.3. The predicted molar refractivity (Wildman–Crippen MR) is 136 cm³/mol. The van der Waals surface area contributed by atoms with Crippen LogP contribution in [0.15, 0.2) is 60.8 Å². The number of nitrogens with one attached hydrogen (secondary N) is 3. The molecule has 3 amide bonds. The lowest BCUT2D eigenvalue weighted by molar-refractivity contribution is 0.102. The highest BCUT2D eigenvalue weighted by Gasteiger charge is 2.22. The summed E-state index contributed by atoms with van der Waals surface area (Å²) in [6, 6.07) is 13.9. The van der Waals surface area contributed by atoms with E-state index < -0.39 is 0 Å². The number of rotatable bonds is 6. The van der Waals surface area contributed by atoms with Crippen LogP contribution in [-0.2, 0) is 6.54 Å². The number of anilines is 2. The van der Waals surface area contributed by atoms with Gasteiger partial charge in [0.25, 0.3) is 5.91 Å². The number of halogens is 3. The fourth-order valence-electron chi connectivity index (χ4n) is 3.94. The molecule has 1 unspecified atom stereocenters. The molecule has 3 aromatic rings. The number of aromatic nitrogens is 1. The van der Waals surface area contributed by atoms with Crippen molar-refractivity contribution in [2.24, 2.45) is 0 Å². The van der Waals surface area contributed by atoms with E-state index in [0.717, 1.165) is 24.9 Å². The van der Waals surface area contributed by atoms with E-state index >= 15 is 0 Å². The lowest BCUT2D eigenvalue weighted by Gasteiger charge is -2.33. The van der Waals surface area contributed by atoms with Crippen molar-refractivity contribution < 1.29 is 14.0 Å². The Morgan fingerprint density at radius 2 is 1.94 bits per heavy atom. The summed E-state index contributed by atoms with van der Waals surface area (Å²) in [5.41, 5.74) is 1.71. The highest BCUT2D eigenvalue weighted by Crippen LogP contribution is 2.21. The van der Waals surface area contributed by atoms with Crippen LogP contribution in [-0.4, -0.2) is 41.0 Å². The maximum atomic E-state index is 13.3. The lowest BCUT2D eigenvalue weighted by Crippen LogP contribution is -2.48. The Morgan fingerprint density at radius 3 is 2.71 bits per heavy atom. The van der Waals surface area contributed by atoms with Crippen LogP contribution in [0.2, 0.25) is 10.0 Å². The number of benzene rings is 2. The number of carbonyl (C=O) groups excluding carboxylic acids is 2.